The van der Waals surface area contributed by atoms with E-state index in [-0.39, 0.29) is 17.3 Å². The summed E-state index contributed by atoms with van der Waals surface area (Å²) in [6.45, 7) is 2.46. The van der Waals surface area contributed by atoms with Crippen LogP contribution in [0.4, 0.5) is 0 Å². The SMILES string of the molecule is CCCCOC(=O)C1CSC(c2ccccc2)N1C(=O)c1cccs1. The summed E-state index contributed by atoms with van der Waals surface area (Å²) in [5.41, 5.74) is 1.03. The van der Waals surface area contributed by atoms with Gasteiger partial charge < -0.3 is 9.64 Å². The van der Waals surface area contributed by atoms with Crippen LogP contribution in [-0.2, 0) is 9.53 Å². The van der Waals surface area contributed by atoms with Crippen LogP contribution in [0.5, 0.6) is 0 Å². The fourth-order valence-electron chi connectivity index (χ4n) is 2.75. The molecular weight excluding hydrogens is 354 g/mol. The molecule has 2 atom stereocenters. The Morgan fingerprint density at radius 3 is 2.68 bits per heavy atom. The number of thiophene rings is 1. The van der Waals surface area contributed by atoms with Crippen LogP contribution < -0.4 is 0 Å². The van der Waals surface area contributed by atoms with Crippen molar-refractivity contribution in [3.63, 3.8) is 0 Å². The summed E-state index contributed by atoms with van der Waals surface area (Å²) >= 11 is 3.01. The van der Waals surface area contributed by atoms with Gasteiger partial charge in [-0.05, 0) is 23.4 Å². The maximum absolute atomic E-state index is 13.1. The van der Waals surface area contributed by atoms with Gasteiger partial charge in [0.25, 0.3) is 5.91 Å². The number of benzene rings is 1. The number of nitrogens with zero attached hydrogens (tertiary/aromatic N) is 1. The summed E-state index contributed by atoms with van der Waals surface area (Å²) in [4.78, 5) is 27.9. The molecule has 2 heterocycles. The summed E-state index contributed by atoms with van der Waals surface area (Å²) in [7, 11) is 0. The zero-order valence-electron chi connectivity index (χ0n) is 14.1. The van der Waals surface area contributed by atoms with E-state index in [4.69, 9.17) is 4.74 Å². The summed E-state index contributed by atoms with van der Waals surface area (Å²) in [6, 6.07) is 13.0. The van der Waals surface area contributed by atoms with Gasteiger partial charge in [0.15, 0.2) is 0 Å². The fraction of sp³-hybridized carbons (Fsp3) is 0.368. The molecule has 1 saturated heterocycles. The van der Waals surface area contributed by atoms with E-state index in [1.807, 2.05) is 41.8 Å². The minimum atomic E-state index is -0.540. The van der Waals surface area contributed by atoms with Crippen molar-refractivity contribution in [1.82, 2.24) is 4.90 Å². The van der Waals surface area contributed by atoms with E-state index in [2.05, 4.69) is 6.92 Å². The van der Waals surface area contributed by atoms with Gasteiger partial charge in [-0.1, -0.05) is 49.7 Å². The van der Waals surface area contributed by atoms with Crippen molar-refractivity contribution >= 4 is 35.0 Å². The molecule has 1 aliphatic rings. The quantitative estimate of drug-likeness (QED) is 0.556. The molecule has 1 aliphatic heterocycles. The van der Waals surface area contributed by atoms with Gasteiger partial charge in [-0.3, -0.25) is 4.79 Å². The van der Waals surface area contributed by atoms with Crippen LogP contribution in [-0.4, -0.2) is 35.2 Å². The Morgan fingerprint density at radius 1 is 1.20 bits per heavy atom. The van der Waals surface area contributed by atoms with Gasteiger partial charge in [0.1, 0.15) is 11.4 Å². The van der Waals surface area contributed by atoms with E-state index in [1.165, 1.54) is 11.3 Å². The molecule has 2 aromatic rings. The van der Waals surface area contributed by atoms with Gasteiger partial charge >= 0.3 is 5.97 Å². The van der Waals surface area contributed by atoms with Crippen molar-refractivity contribution < 1.29 is 14.3 Å². The average Bonchev–Trinajstić information content (AvgIpc) is 3.32. The van der Waals surface area contributed by atoms with Gasteiger partial charge in [0.05, 0.1) is 11.5 Å². The standard InChI is InChI=1S/C19H21NO3S2/c1-2-3-11-23-19(22)15-13-25-18(14-8-5-4-6-9-14)20(15)17(21)16-10-7-12-24-16/h4-10,12,15,18H,2-3,11,13H2,1H3. The molecule has 4 nitrogen and oxygen atoms in total. The molecule has 1 aromatic heterocycles. The highest BCUT2D eigenvalue weighted by Crippen LogP contribution is 2.42. The zero-order chi connectivity index (χ0) is 17.6. The Labute approximate surface area is 156 Å². The highest BCUT2D eigenvalue weighted by molar-refractivity contribution is 7.99. The average molecular weight is 376 g/mol. The Morgan fingerprint density at radius 2 is 2.00 bits per heavy atom. The molecule has 2 unspecified atom stereocenters. The number of ether oxygens (including phenoxy) is 1. The molecule has 1 fully saturated rings. The lowest BCUT2D eigenvalue weighted by Crippen LogP contribution is -2.43. The monoisotopic (exact) mass is 375 g/mol. The van der Waals surface area contributed by atoms with Crippen LogP contribution in [0.1, 0.15) is 40.4 Å². The number of esters is 1. The van der Waals surface area contributed by atoms with Crippen molar-refractivity contribution in [2.24, 2.45) is 0 Å². The maximum atomic E-state index is 13.1. The van der Waals surface area contributed by atoms with Gasteiger partial charge in [-0.25, -0.2) is 4.79 Å². The van der Waals surface area contributed by atoms with E-state index in [0.29, 0.717) is 17.2 Å². The number of amides is 1. The minimum Gasteiger partial charge on any atom is -0.464 e. The highest BCUT2D eigenvalue weighted by atomic mass is 32.2. The third-order valence-corrected chi connectivity index (χ3v) is 6.25. The molecule has 0 aliphatic carbocycles. The zero-order valence-corrected chi connectivity index (χ0v) is 15.7. The van der Waals surface area contributed by atoms with Crippen molar-refractivity contribution in [1.29, 1.82) is 0 Å². The molecule has 6 heteroatoms. The van der Waals surface area contributed by atoms with Crippen LogP contribution in [0.15, 0.2) is 47.8 Å². The van der Waals surface area contributed by atoms with Crippen molar-refractivity contribution in [3.8, 4) is 0 Å². The van der Waals surface area contributed by atoms with Crippen LogP contribution >= 0.6 is 23.1 Å². The molecule has 0 radical (unpaired) electrons. The summed E-state index contributed by atoms with van der Waals surface area (Å²) < 4.78 is 5.41. The van der Waals surface area contributed by atoms with Crippen LogP contribution in [0.2, 0.25) is 0 Å². The normalized spacial score (nSPS) is 19.8. The summed E-state index contributed by atoms with van der Waals surface area (Å²) in [5.74, 6) is 0.150. The number of carbonyl (C=O) groups is 2. The molecule has 3 rings (SSSR count). The number of carbonyl (C=O) groups excluding carboxylic acids is 2. The molecule has 1 aromatic carbocycles. The second kappa shape index (κ2) is 8.54. The van der Waals surface area contributed by atoms with Crippen molar-refractivity contribution in [2.45, 2.75) is 31.2 Å². The Hall–Kier alpha value is -1.79. The van der Waals surface area contributed by atoms with E-state index >= 15 is 0 Å². The molecule has 132 valence electrons. The maximum Gasteiger partial charge on any atom is 0.329 e. The van der Waals surface area contributed by atoms with Gasteiger partial charge in [-0.2, -0.15) is 0 Å². The molecule has 25 heavy (non-hydrogen) atoms. The van der Waals surface area contributed by atoms with E-state index in [9.17, 15) is 9.59 Å². The molecule has 0 N–H and O–H groups in total. The van der Waals surface area contributed by atoms with Gasteiger partial charge in [0.2, 0.25) is 0 Å². The highest BCUT2D eigenvalue weighted by Gasteiger charge is 2.43. The molecular formula is C19H21NO3S2. The van der Waals surface area contributed by atoms with Crippen LogP contribution in [0, 0.1) is 0 Å². The molecule has 0 spiro atoms. The predicted molar refractivity (Wildman–Crippen MR) is 102 cm³/mol. The lowest BCUT2D eigenvalue weighted by atomic mass is 10.1. The summed E-state index contributed by atoms with van der Waals surface area (Å²) in [6.07, 6.45) is 1.81. The van der Waals surface area contributed by atoms with Crippen molar-refractivity contribution in [3.05, 3.63) is 58.3 Å². The number of unbranched alkanes of at least 4 members (excludes halogenated alkanes) is 1. The summed E-state index contributed by atoms with van der Waals surface area (Å²) in [5, 5.41) is 1.71. The van der Waals surface area contributed by atoms with E-state index in [1.54, 1.807) is 22.7 Å². The van der Waals surface area contributed by atoms with Gasteiger partial charge in [0, 0.05) is 5.75 Å². The first-order valence-electron chi connectivity index (χ1n) is 8.41. The molecule has 1 amide bonds. The van der Waals surface area contributed by atoms with Crippen LogP contribution in [0.3, 0.4) is 0 Å². The largest absolute Gasteiger partial charge is 0.464 e. The lowest BCUT2D eigenvalue weighted by Gasteiger charge is -2.28. The minimum absolute atomic E-state index is 0.105. The first kappa shape index (κ1) is 18.0. The van der Waals surface area contributed by atoms with E-state index in [0.717, 1.165) is 18.4 Å². The number of hydrogen-bond donors (Lipinski definition) is 0. The third kappa shape index (κ3) is 4.07. The number of rotatable bonds is 6. The number of thioether (sulfide) groups is 1. The topological polar surface area (TPSA) is 46.6 Å². The Kier molecular flexibility index (Phi) is 6.15. The smallest absolute Gasteiger partial charge is 0.329 e. The number of hydrogen-bond acceptors (Lipinski definition) is 5. The van der Waals surface area contributed by atoms with Gasteiger partial charge in [-0.15, -0.1) is 23.1 Å². The van der Waals surface area contributed by atoms with Crippen LogP contribution in [0.25, 0.3) is 0 Å². The van der Waals surface area contributed by atoms with E-state index < -0.39 is 6.04 Å². The predicted octanol–water partition coefficient (Wildman–Crippen LogP) is 4.35. The first-order valence-corrected chi connectivity index (χ1v) is 10.3. The second-order valence-electron chi connectivity index (χ2n) is 5.82. The third-order valence-electron chi connectivity index (χ3n) is 4.07. The molecule has 0 saturated carbocycles. The molecule has 0 bridgehead atoms. The fourth-order valence-corrected chi connectivity index (χ4v) is 4.83. The lowest BCUT2D eigenvalue weighted by molar-refractivity contribution is -0.148. The Bertz CT molecular complexity index is 703. The van der Waals surface area contributed by atoms with Crippen molar-refractivity contribution in [2.75, 3.05) is 12.4 Å². The second-order valence-corrected chi connectivity index (χ2v) is 7.88. The Balaban J connectivity index is 1.85. The first-order chi connectivity index (χ1) is 12.2.